The molecule has 6 heteroatoms. The van der Waals surface area contributed by atoms with Crippen molar-refractivity contribution in [2.24, 2.45) is 5.41 Å². The van der Waals surface area contributed by atoms with Crippen LogP contribution in [0.15, 0.2) is 54.1 Å². The molecule has 1 aliphatic carbocycles. The van der Waals surface area contributed by atoms with Crippen LogP contribution in [0.25, 0.3) is 0 Å². The number of aromatic nitrogens is 2. The van der Waals surface area contributed by atoms with Crippen molar-refractivity contribution >= 4 is 19.9 Å². The Hall–Kier alpha value is -2.13. The van der Waals surface area contributed by atoms with Gasteiger partial charge in [-0.2, -0.15) is 5.26 Å². The van der Waals surface area contributed by atoms with Crippen molar-refractivity contribution in [3.05, 3.63) is 76.4 Å². The predicted molar refractivity (Wildman–Crippen MR) is 148 cm³/mol. The van der Waals surface area contributed by atoms with Crippen molar-refractivity contribution < 1.29 is 4.43 Å². The Kier molecular flexibility index (Phi) is 8.85. The van der Waals surface area contributed by atoms with Crippen LogP contribution in [0.4, 0.5) is 0 Å². The fourth-order valence-corrected chi connectivity index (χ4v) is 5.16. The lowest BCUT2D eigenvalue weighted by Gasteiger charge is -2.35. The lowest BCUT2D eigenvalue weighted by Crippen LogP contribution is -2.40. The topological polar surface area (TPSA) is 50.8 Å². The molecule has 0 fully saturated rings. The molecule has 0 bridgehead atoms. The monoisotopic (exact) mass is 509 g/mol. The van der Waals surface area contributed by atoms with E-state index in [0.29, 0.717) is 24.7 Å². The van der Waals surface area contributed by atoms with E-state index in [1.807, 2.05) is 6.07 Å². The molecular weight excluding hydrogens is 470 g/mol. The number of hydrogen-bond acceptors (Lipinski definition) is 3. The van der Waals surface area contributed by atoms with E-state index in [1.165, 1.54) is 11.1 Å². The standard InChI is InChI=1S/C29H40ClN3OSi/c1-7-8-14-26-32-25(20-34-35(5,6)28(2,3)4)27(30)33(26)22-29(21-31)17-15-24(16-18-29)19-23-12-10-9-11-13-23/h9-13,15-17H,7-8,14,18-20,22H2,1-6H3. The Morgan fingerprint density at radius 1 is 1.23 bits per heavy atom. The van der Waals surface area contributed by atoms with Crippen LogP contribution in [0.1, 0.15) is 64.0 Å². The predicted octanol–water partition coefficient (Wildman–Crippen LogP) is 8.04. The quantitative estimate of drug-likeness (QED) is 0.304. The molecule has 0 aliphatic heterocycles. The van der Waals surface area contributed by atoms with E-state index in [0.717, 1.165) is 37.2 Å². The fraction of sp³-hybridized carbons (Fsp3) is 0.517. The molecule has 0 amide bonds. The van der Waals surface area contributed by atoms with Gasteiger partial charge in [0, 0.05) is 13.0 Å². The van der Waals surface area contributed by atoms with Gasteiger partial charge in [-0.1, -0.05) is 94.3 Å². The maximum absolute atomic E-state index is 10.2. The largest absolute Gasteiger partial charge is 0.411 e. The summed E-state index contributed by atoms with van der Waals surface area (Å²) >= 11 is 6.91. The summed E-state index contributed by atoms with van der Waals surface area (Å²) in [7, 11) is -1.93. The number of nitriles is 1. The first-order valence-corrected chi connectivity index (χ1v) is 16.0. The van der Waals surface area contributed by atoms with Crippen molar-refractivity contribution in [2.75, 3.05) is 0 Å². The third-order valence-electron chi connectivity index (χ3n) is 7.44. The summed E-state index contributed by atoms with van der Waals surface area (Å²) in [4.78, 5) is 4.91. The van der Waals surface area contributed by atoms with Gasteiger partial charge >= 0.3 is 0 Å². The molecule has 0 saturated carbocycles. The molecule has 3 rings (SSSR count). The van der Waals surface area contributed by atoms with Crippen LogP contribution >= 0.6 is 11.6 Å². The average Bonchev–Trinajstić information content (AvgIpc) is 3.12. The van der Waals surface area contributed by atoms with Gasteiger partial charge in [0.1, 0.15) is 16.7 Å². The molecular formula is C29H40ClN3OSi. The molecule has 1 aliphatic rings. The smallest absolute Gasteiger partial charge is 0.192 e. The third kappa shape index (κ3) is 6.76. The number of benzene rings is 1. The maximum Gasteiger partial charge on any atom is 0.192 e. The number of halogens is 1. The zero-order chi connectivity index (χ0) is 25.7. The molecule has 0 radical (unpaired) electrons. The minimum Gasteiger partial charge on any atom is -0.411 e. The van der Waals surface area contributed by atoms with E-state index >= 15 is 0 Å². The van der Waals surface area contributed by atoms with Crippen LogP contribution < -0.4 is 0 Å². The van der Waals surface area contributed by atoms with E-state index in [2.05, 4.69) is 93.9 Å². The molecule has 0 saturated heterocycles. The zero-order valence-electron chi connectivity index (χ0n) is 22.2. The van der Waals surface area contributed by atoms with Gasteiger partial charge in [0.05, 0.1) is 18.1 Å². The van der Waals surface area contributed by atoms with E-state index in [9.17, 15) is 5.26 Å². The second kappa shape index (κ2) is 11.3. The molecule has 1 atom stereocenters. The normalized spacial score (nSPS) is 18.4. The molecule has 2 aromatic rings. The van der Waals surface area contributed by atoms with E-state index in [-0.39, 0.29) is 5.04 Å². The summed E-state index contributed by atoms with van der Waals surface area (Å²) in [5.74, 6) is 0.952. The van der Waals surface area contributed by atoms with Crippen molar-refractivity contribution in [3.8, 4) is 6.07 Å². The van der Waals surface area contributed by atoms with E-state index in [1.54, 1.807) is 0 Å². The SMILES string of the molecule is CCCCc1nc(CO[Si](C)(C)C(C)(C)C)c(Cl)n1CC1(C#N)C=CC(Cc2ccccc2)=CC1. The van der Waals surface area contributed by atoms with Crippen molar-refractivity contribution in [1.29, 1.82) is 5.26 Å². The van der Waals surface area contributed by atoms with E-state index < -0.39 is 13.7 Å². The summed E-state index contributed by atoms with van der Waals surface area (Å²) in [6.45, 7) is 14.3. The Balaban J connectivity index is 1.81. The molecule has 0 N–H and O–H groups in total. The number of aryl methyl sites for hydroxylation is 1. The zero-order valence-corrected chi connectivity index (χ0v) is 24.0. The number of rotatable bonds is 10. The molecule has 188 valence electrons. The molecule has 1 aromatic heterocycles. The highest BCUT2D eigenvalue weighted by molar-refractivity contribution is 6.74. The van der Waals surface area contributed by atoms with Gasteiger partial charge in [-0.3, -0.25) is 0 Å². The first kappa shape index (κ1) is 27.5. The van der Waals surface area contributed by atoms with Crippen LogP contribution in [0.5, 0.6) is 0 Å². The molecule has 1 heterocycles. The van der Waals surface area contributed by atoms with Crippen molar-refractivity contribution in [2.45, 2.75) is 91.1 Å². The van der Waals surface area contributed by atoms with Crippen LogP contribution in [-0.4, -0.2) is 17.9 Å². The van der Waals surface area contributed by atoms with Gasteiger partial charge in [0.2, 0.25) is 0 Å². The molecule has 0 spiro atoms. The summed E-state index contributed by atoms with van der Waals surface area (Å²) in [5.41, 5.74) is 2.67. The Labute approximate surface area is 217 Å². The van der Waals surface area contributed by atoms with Gasteiger partial charge < -0.3 is 8.99 Å². The van der Waals surface area contributed by atoms with Crippen LogP contribution in [0, 0.1) is 16.7 Å². The second-order valence-corrected chi connectivity index (χ2v) is 16.4. The summed E-state index contributed by atoms with van der Waals surface area (Å²) < 4.78 is 8.50. The minimum atomic E-state index is -1.93. The van der Waals surface area contributed by atoms with E-state index in [4.69, 9.17) is 21.0 Å². The number of imidazole rings is 1. The number of nitrogens with zero attached hydrogens (tertiary/aromatic N) is 3. The first-order chi connectivity index (χ1) is 16.5. The summed E-state index contributed by atoms with van der Waals surface area (Å²) in [6, 6.07) is 13.0. The van der Waals surface area contributed by atoms with Crippen molar-refractivity contribution in [3.63, 3.8) is 0 Å². The Morgan fingerprint density at radius 2 is 1.94 bits per heavy atom. The van der Waals surface area contributed by atoms with Gasteiger partial charge in [0.15, 0.2) is 8.32 Å². The number of allylic oxidation sites excluding steroid dienone is 4. The van der Waals surface area contributed by atoms with Crippen molar-refractivity contribution in [1.82, 2.24) is 9.55 Å². The number of hydrogen-bond donors (Lipinski definition) is 0. The van der Waals surface area contributed by atoms with Gasteiger partial charge in [-0.05, 0) is 48.5 Å². The molecule has 35 heavy (non-hydrogen) atoms. The second-order valence-electron chi connectivity index (χ2n) is 11.3. The van der Waals surface area contributed by atoms with Crippen LogP contribution in [-0.2, 0) is 30.4 Å². The van der Waals surface area contributed by atoms with Crippen LogP contribution in [0.2, 0.25) is 23.3 Å². The maximum atomic E-state index is 10.2. The van der Waals surface area contributed by atoms with Gasteiger partial charge in [0.25, 0.3) is 0 Å². The Bertz CT molecular complexity index is 1110. The lowest BCUT2D eigenvalue weighted by molar-refractivity contribution is 0.272. The number of unbranched alkanes of at least 4 members (excludes halogenated alkanes) is 1. The first-order valence-electron chi connectivity index (χ1n) is 12.7. The molecule has 4 nitrogen and oxygen atoms in total. The van der Waals surface area contributed by atoms with Gasteiger partial charge in [-0.25, -0.2) is 4.98 Å². The highest BCUT2D eigenvalue weighted by Crippen LogP contribution is 2.38. The van der Waals surface area contributed by atoms with Crippen LogP contribution in [0.3, 0.4) is 0 Å². The summed E-state index contributed by atoms with van der Waals surface area (Å²) in [5, 5.41) is 10.9. The fourth-order valence-electron chi connectivity index (χ4n) is 3.97. The highest BCUT2D eigenvalue weighted by atomic mass is 35.5. The average molecular weight is 510 g/mol. The van der Waals surface area contributed by atoms with Gasteiger partial charge in [-0.15, -0.1) is 0 Å². The lowest BCUT2D eigenvalue weighted by atomic mass is 9.80. The highest BCUT2D eigenvalue weighted by Gasteiger charge is 2.38. The summed E-state index contributed by atoms with van der Waals surface area (Å²) in [6.07, 6.45) is 10.9. The minimum absolute atomic E-state index is 0.120. The third-order valence-corrected chi connectivity index (χ3v) is 12.3. The Morgan fingerprint density at radius 3 is 2.51 bits per heavy atom. The molecule has 1 unspecified atom stereocenters. The molecule has 1 aromatic carbocycles.